The van der Waals surface area contributed by atoms with E-state index in [1.807, 2.05) is 0 Å². The normalized spacial score (nSPS) is 1.20. The van der Waals surface area contributed by atoms with E-state index in [-0.39, 0.29) is 50.9 Å². The SMILES string of the molecule is [AlH3].[BH2][Co].[Fe].[Ni]. The van der Waals surface area contributed by atoms with E-state index in [9.17, 15) is 0 Å². The maximum absolute atomic E-state index is 3.56. The van der Waals surface area contributed by atoms with Crippen LogP contribution < -0.4 is 0 Å². The van der Waals surface area contributed by atoms with Gasteiger partial charge in [0, 0.05) is 33.6 Å². The molecule has 0 radical (unpaired) electrons. The molecule has 0 N–H and O–H groups in total. The van der Waals surface area contributed by atoms with Crippen LogP contribution in [0.15, 0.2) is 0 Å². The molecule has 0 unspecified atom stereocenters. The van der Waals surface area contributed by atoms with E-state index in [1.54, 1.807) is 6.70 Å². The van der Waals surface area contributed by atoms with Crippen molar-refractivity contribution >= 4 is 24.1 Å². The van der Waals surface area contributed by atoms with Crippen LogP contribution in [0.5, 0.6) is 0 Å². The van der Waals surface area contributed by atoms with Crippen molar-refractivity contribution in [1.29, 1.82) is 0 Å². The van der Waals surface area contributed by atoms with Crippen molar-refractivity contribution in [2.24, 2.45) is 0 Å². The van der Waals surface area contributed by atoms with E-state index in [1.165, 1.54) is 0 Å². The molecular formula is H5AlBCoFeNi. The zero-order chi connectivity index (χ0) is 2.00. The van der Waals surface area contributed by atoms with Gasteiger partial charge >= 0.3 is 22.3 Å². The molecule has 0 aromatic rings. The van der Waals surface area contributed by atoms with E-state index < -0.39 is 0 Å². The van der Waals surface area contributed by atoms with E-state index in [4.69, 9.17) is 0 Å². The smallest absolute Gasteiger partial charge is 0 e. The Morgan fingerprint density at radius 2 is 1.20 bits per heavy atom. The van der Waals surface area contributed by atoms with Crippen LogP contribution in [0.1, 0.15) is 0 Å². The van der Waals surface area contributed by atoms with Crippen molar-refractivity contribution in [2.45, 2.75) is 0 Å². The monoisotopic (exact) mass is 216 g/mol. The Kier molecular flexibility index (Phi) is 196. The minimum atomic E-state index is 0. The van der Waals surface area contributed by atoms with E-state index in [2.05, 4.69) is 15.6 Å². The summed E-state index contributed by atoms with van der Waals surface area (Å²) in [6.45, 7) is 1.69. The number of hydrogen-bond acceptors (Lipinski definition) is 0. The first kappa shape index (κ1) is 27.4. The minimum Gasteiger partial charge on any atom is 0 e. The summed E-state index contributed by atoms with van der Waals surface area (Å²) >= 11 is 3.56. The average molecular weight is 216 g/mol. The molecule has 0 aliphatic heterocycles. The Balaban J connectivity index is -0.00000000167. The summed E-state index contributed by atoms with van der Waals surface area (Å²) < 4.78 is 0. The molecule has 0 aliphatic rings. The standard InChI is InChI=1S/Al.BH2.Co.Fe.Ni.3H/h;1H2;;;;;;/q;+1;-1;;;;;. The van der Waals surface area contributed by atoms with Gasteiger partial charge in [-0.05, 0) is 0 Å². The second kappa shape index (κ2) is 35.7. The van der Waals surface area contributed by atoms with Gasteiger partial charge in [-0.25, -0.2) is 0 Å². The third-order valence-electron chi connectivity index (χ3n) is 0. The summed E-state index contributed by atoms with van der Waals surface area (Å²) in [6, 6.07) is 0. The Bertz CT molecular complexity index is 11.6. The van der Waals surface area contributed by atoms with Crippen molar-refractivity contribution in [3.05, 3.63) is 0 Å². The predicted octanol–water partition coefficient (Wildman–Crippen LogP) is -2.11. The molecule has 0 bridgehead atoms. The van der Waals surface area contributed by atoms with Crippen molar-refractivity contribution in [3.63, 3.8) is 0 Å². The molecule has 0 rings (SSSR count). The van der Waals surface area contributed by atoms with Gasteiger partial charge in [-0.2, -0.15) is 0 Å². The van der Waals surface area contributed by atoms with Crippen molar-refractivity contribution in [1.82, 2.24) is 0 Å². The quantitative estimate of drug-likeness (QED) is 0.407. The van der Waals surface area contributed by atoms with Crippen LogP contribution in [-0.2, 0) is 49.1 Å². The fourth-order valence-electron chi connectivity index (χ4n) is 0. The molecule has 0 spiro atoms. The zero-order valence-corrected chi connectivity index (χ0v) is 5.14. The molecule has 0 heterocycles. The third kappa shape index (κ3) is 23.1. The Hall–Kier alpha value is 2.12. The maximum Gasteiger partial charge on any atom is 0 e. The predicted molar refractivity (Wildman–Crippen MR) is 18.5 cm³/mol. The Morgan fingerprint density at radius 3 is 1.20 bits per heavy atom. The van der Waals surface area contributed by atoms with Gasteiger partial charge in [0.2, 0.25) is 0 Å². The van der Waals surface area contributed by atoms with Gasteiger partial charge < -0.3 is 0 Å². The topological polar surface area (TPSA) is 0 Å². The summed E-state index contributed by atoms with van der Waals surface area (Å²) in [6.07, 6.45) is 0. The average Bonchev–Trinajstić information content (AvgIpc) is 1.00. The van der Waals surface area contributed by atoms with Crippen molar-refractivity contribution < 1.29 is 49.1 Å². The van der Waals surface area contributed by atoms with Gasteiger partial charge in [-0.15, -0.1) is 0 Å². The summed E-state index contributed by atoms with van der Waals surface area (Å²) in [4.78, 5) is 0. The molecule has 0 saturated carbocycles. The third-order valence-corrected chi connectivity index (χ3v) is 0. The molecule has 0 aliphatic carbocycles. The molecule has 0 fully saturated rings. The van der Waals surface area contributed by atoms with E-state index in [0.29, 0.717) is 0 Å². The largest absolute Gasteiger partial charge is 0 e. The van der Waals surface area contributed by atoms with Gasteiger partial charge in [-0.3, -0.25) is 0 Å². The number of rotatable bonds is 0. The van der Waals surface area contributed by atoms with Crippen LogP contribution in [0.3, 0.4) is 0 Å². The first-order chi connectivity index (χ1) is 1.00. The summed E-state index contributed by atoms with van der Waals surface area (Å²) in [5.41, 5.74) is 0. The Morgan fingerprint density at radius 1 is 1.20 bits per heavy atom. The van der Waals surface area contributed by atoms with Crippen LogP contribution in [0.2, 0.25) is 0 Å². The van der Waals surface area contributed by atoms with Crippen molar-refractivity contribution in [2.75, 3.05) is 0 Å². The molecule has 5 heteroatoms. The molecule has 0 nitrogen and oxygen atoms in total. The number of hydrogen-bond donors (Lipinski definition) is 0. The van der Waals surface area contributed by atoms with Crippen LogP contribution >= 0.6 is 0 Å². The zero-order valence-electron chi connectivity index (χ0n) is 2.00. The van der Waals surface area contributed by atoms with Crippen LogP contribution in [-0.4, -0.2) is 24.1 Å². The van der Waals surface area contributed by atoms with Gasteiger partial charge in [0.1, 0.15) is 0 Å². The van der Waals surface area contributed by atoms with Crippen LogP contribution in [0.4, 0.5) is 0 Å². The Labute approximate surface area is 72.6 Å². The summed E-state index contributed by atoms with van der Waals surface area (Å²) in [5.74, 6) is 0. The van der Waals surface area contributed by atoms with Gasteiger partial charge in [0.25, 0.3) is 0 Å². The molecule has 38 valence electrons. The summed E-state index contributed by atoms with van der Waals surface area (Å²) in [7, 11) is 0. The van der Waals surface area contributed by atoms with E-state index in [0.717, 1.165) is 0 Å². The molecule has 5 heavy (non-hydrogen) atoms. The molecule has 0 aromatic heterocycles. The van der Waals surface area contributed by atoms with E-state index >= 15 is 0 Å². The van der Waals surface area contributed by atoms with Crippen LogP contribution in [0.25, 0.3) is 0 Å². The summed E-state index contributed by atoms with van der Waals surface area (Å²) in [5, 5.41) is 0. The molecule has 0 amide bonds. The second-order valence-electron chi connectivity index (χ2n) is 0. The molecular weight excluding hydrogens is 211 g/mol. The van der Waals surface area contributed by atoms with Gasteiger partial charge in [-0.1, -0.05) is 0 Å². The molecule has 0 saturated heterocycles. The maximum atomic E-state index is 3.56. The fourth-order valence-corrected chi connectivity index (χ4v) is 0. The fraction of sp³-hybridized carbons (Fsp3) is 0. The van der Waals surface area contributed by atoms with Crippen LogP contribution in [0, 0.1) is 0 Å². The second-order valence-corrected chi connectivity index (χ2v) is 0. The van der Waals surface area contributed by atoms with Gasteiger partial charge in [0.15, 0.2) is 17.4 Å². The first-order valence-corrected chi connectivity index (χ1v) is 1.37. The molecule has 0 aromatic carbocycles. The first-order valence-electron chi connectivity index (χ1n) is 0.333. The van der Waals surface area contributed by atoms with Crippen molar-refractivity contribution in [3.8, 4) is 0 Å². The van der Waals surface area contributed by atoms with Gasteiger partial charge in [0.05, 0.1) is 0 Å². The minimum absolute atomic E-state index is 0. The molecule has 0 atom stereocenters.